The molecule has 0 aliphatic rings. The quantitative estimate of drug-likeness (QED) is 0.495. The zero-order chi connectivity index (χ0) is 18.5. The summed E-state index contributed by atoms with van der Waals surface area (Å²) >= 11 is 0. The number of rotatable bonds is 5. The molecule has 0 aliphatic heterocycles. The van der Waals surface area contributed by atoms with E-state index in [1.165, 1.54) is 18.2 Å². The fourth-order valence-corrected chi connectivity index (χ4v) is 2.68. The van der Waals surface area contributed by atoms with E-state index in [0.717, 1.165) is 16.8 Å². The summed E-state index contributed by atoms with van der Waals surface area (Å²) in [4.78, 5) is 25.3. The third-order valence-electron chi connectivity index (χ3n) is 4.08. The Labute approximate surface area is 151 Å². The molecule has 0 fully saturated rings. The predicted octanol–water partition coefficient (Wildman–Crippen LogP) is 4.75. The normalized spacial score (nSPS) is 10.3. The molecule has 0 spiro atoms. The largest absolute Gasteiger partial charge is 0.304 e. The van der Waals surface area contributed by atoms with Crippen molar-refractivity contribution in [1.82, 2.24) is 0 Å². The van der Waals surface area contributed by atoms with Crippen molar-refractivity contribution in [3.8, 4) is 0 Å². The van der Waals surface area contributed by atoms with Crippen molar-refractivity contribution in [2.24, 2.45) is 0 Å². The van der Waals surface area contributed by atoms with Crippen LogP contribution in [0, 0.1) is 17.0 Å². The Morgan fingerprint density at radius 1 is 0.962 bits per heavy atom. The Morgan fingerprint density at radius 3 is 2.31 bits per heavy atom. The number of carbonyl (C=O) groups excluding carboxylic acids is 1. The topological polar surface area (TPSA) is 63.5 Å². The number of carbonyl (C=O) groups is 1. The minimum absolute atomic E-state index is 0.0978. The lowest BCUT2D eigenvalue weighted by Crippen LogP contribution is -2.30. The van der Waals surface area contributed by atoms with Gasteiger partial charge in [-0.1, -0.05) is 54.1 Å². The molecule has 0 heterocycles. The molecular weight excluding hydrogens is 328 g/mol. The van der Waals surface area contributed by atoms with Gasteiger partial charge in [-0.3, -0.25) is 14.9 Å². The van der Waals surface area contributed by atoms with Crippen LogP contribution in [-0.2, 0) is 6.54 Å². The predicted molar refractivity (Wildman–Crippen MR) is 101 cm³/mol. The number of benzene rings is 3. The molecule has 0 aliphatic carbocycles. The minimum atomic E-state index is -0.496. The monoisotopic (exact) mass is 346 g/mol. The Kier molecular flexibility index (Phi) is 5.08. The van der Waals surface area contributed by atoms with Crippen LogP contribution in [0.2, 0.25) is 0 Å². The molecule has 0 radical (unpaired) electrons. The maximum atomic E-state index is 13.1. The lowest BCUT2D eigenvalue weighted by atomic mass is 10.1. The number of anilines is 1. The van der Waals surface area contributed by atoms with E-state index in [2.05, 4.69) is 0 Å². The lowest BCUT2D eigenvalue weighted by Gasteiger charge is -2.23. The molecule has 0 bridgehead atoms. The minimum Gasteiger partial charge on any atom is -0.304 e. The maximum Gasteiger partial charge on any atom is 0.270 e. The van der Waals surface area contributed by atoms with E-state index in [4.69, 9.17) is 0 Å². The second kappa shape index (κ2) is 7.61. The zero-order valence-electron chi connectivity index (χ0n) is 14.3. The highest BCUT2D eigenvalue weighted by Gasteiger charge is 2.20. The molecule has 3 aromatic carbocycles. The van der Waals surface area contributed by atoms with Gasteiger partial charge >= 0.3 is 0 Å². The van der Waals surface area contributed by atoms with Crippen LogP contribution in [0.3, 0.4) is 0 Å². The van der Waals surface area contributed by atoms with Gasteiger partial charge in [0.1, 0.15) is 0 Å². The summed E-state index contributed by atoms with van der Waals surface area (Å²) in [5.41, 5.74) is 3.01. The molecule has 0 atom stereocenters. The first-order valence-electron chi connectivity index (χ1n) is 8.21. The average molecular weight is 346 g/mol. The number of nitro groups is 1. The molecule has 5 nitrogen and oxygen atoms in total. The van der Waals surface area contributed by atoms with Gasteiger partial charge in [0.25, 0.3) is 11.6 Å². The van der Waals surface area contributed by atoms with Crippen LogP contribution in [0.25, 0.3) is 0 Å². The molecule has 130 valence electrons. The molecule has 1 amide bonds. The van der Waals surface area contributed by atoms with E-state index < -0.39 is 4.92 Å². The Bertz CT molecular complexity index is 922. The van der Waals surface area contributed by atoms with Crippen molar-refractivity contribution < 1.29 is 9.72 Å². The van der Waals surface area contributed by atoms with Gasteiger partial charge in [0.15, 0.2) is 0 Å². The summed E-state index contributed by atoms with van der Waals surface area (Å²) in [5.74, 6) is -0.276. The van der Waals surface area contributed by atoms with Gasteiger partial charge in [-0.25, -0.2) is 0 Å². The van der Waals surface area contributed by atoms with Gasteiger partial charge in [-0.2, -0.15) is 0 Å². The van der Waals surface area contributed by atoms with E-state index >= 15 is 0 Å². The smallest absolute Gasteiger partial charge is 0.270 e. The van der Waals surface area contributed by atoms with E-state index in [9.17, 15) is 14.9 Å². The van der Waals surface area contributed by atoms with E-state index in [0.29, 0.717) is 6.54 Å². The first-order chi connectivity index (χ1) is 12.5. The number of amides is 1. The Hall–Kier alpha value is -3.47. The highest BCUT2D eigenvalue weighted by atomic mass is 16.6. The fraction of sp³-hybridized carbons (Fsp3) is 0.0952. The number of nitrogens with zero attached hydrogens (tertiary/aromatic N) is 2. The van der Waals surface area contributed by atoms with Gasteiger partial charge in [-0.05, 0) is 30.7 Å². The zero-order valence-corrected chi connectivity index (χ0v) is 14.3. The van der Waals surface area contributed by atoms with E-state index in [1.807, 2.05) is 61.5 Å². The molecule has 26 heavy (non-hydrogen) atoms. The lowest BCUT2D eigenvalue weighted by molar-refractivity contribution is -0.384. The number of non-ortho nitro benzene ring substituents is 1. The van der Waals surface area contributed by atoms with Gasteiger partial charge in [-0.15, -0.1) is 0 Å². The Morgan fingerprint density at radius 2 is 1.65 bits per heavy atom. The molecular formula is C21H18N2O3. The van der Waals surface area contributed by atoms with Crippen molar-refractivity contribution in [3.63, 3.8) is 0 Å². The van der Waals surface area contributed by atoms with Crippen LogP contribution in [0.15, 0.2) is 78.9 Å². The number of nitro benzene ring substituents is 1. The number of aryl methyl sites for hydroxylation is 1. The summed E-state index contributed by atoms with van der Waals surface area (Å²) in [6.07, 6.45) is 0. The maximum absolute atomic E-state index is 13.1. The molecule has 0 saturated carbocycles. The van der Waals surface area contributed by atoms with E-state index in [1.54, 1.807) is 11.0 Å². The van der Waals surface area contributed by atoms with Crippen LogP contribution in [0.5, 0.6) is 0 Å². The van der Waals surface area contributed by atoms with Crippen LogP contribution in [0.1, 0.15) is 21.5 Å². The first kappa shape index (κ1) is 17.4. The van der Waals surface area contributed by atoms with Gasteiger partial charge in [0.05, 0.1) is 11.5 Å². The summed E-state index contributed by atoms with van der Waals surface area (Å²) < 4.78 is 0. The number of hydrogen-bond donors (Lipinski definition) is 0. The molecule has 0 N–H and O–H groups in total. The molecule has 3 rings (SSSR count). The van der Waals surface area contributed by atoms with Gasteiger partial charge < -0.3 is 4.90 Å². The molecule has 0 aromatic heterocycles. The molecule has 0 saturated heterocycles. The third-order valence-corrected chi connectivity index (χ3v) is 4.08. The summed E-state index contributed by atoms with van der Waals surface area (Å²) in [7, 11) is 0. The molecule has 5 heteroatoms. The summed E-state index contributed by atoms with van der Waals surface area (Å²) in [5, 5.41) is 11.0. The van der Waals surface area contributed by atoms with Crippen molar-refractivity contribution in [1.29, 1.82) is 0 Å². The third kappa shape index (κ3) is 3.95. The van der Waals surface area contributed by atoms with Crippen molar-refractivity contribution >= 4 is 17.3 Å². The SMILES string of the molecule is Cc1ccc(N(Cc2ccccc2)C(=O)c2cccc([N+](=O)[O-])c2)cc1. The van der Waals surface area contributed by atoms with Crippen LogP contribution >= 0.6 is 0 Å². The van der Waals surface area contributed by atoms with Crippen molar-refractivity contribution in [2.75, 3.05) is 4.90 Å². The van der Waals surface area contributed by atoms with E-state index in [-0.39, 0.29) is 17.2 Å². The van der Waals surface area contributed by atoms with Crippen LogP contribution < -0.4 is 4.90 Å². The highest BCUT2D eigenvalue weighted by Crippen LogP contribution is 2.22. The Balaban J connectivity index is 1.99. The van der Waals surface area contributed by atoms with Crippen molar-refractivity contribution in [3.05, 3.63) is 106 Å². The highest BCUT2D eigenvalue weighted by molar-refractivity contribution is 6.06. The number of hydrogen-bond acceptors (Lipinski definition) is 3. The van der Waals surface area contributed by atoms with Crippen LogP contribution in [-0.4, -0.2) is 10.8 Å². The van der Waals surface area contributed by atoms with Gasteiger partial charge in [0, 0.05) is 23.4 Å². The second-order valence-electron chi connectivity index (χ2n) is 6.02. The average Bonchev–Trinajstić information content (AvgIpc) is 2.67. The summed E-state index contributed by atoms with van der Waals surface area (Å²) in [6, 6.07) is 23.1. The second-order valence-corrected chi connectivity index (χ2v) is 6.02. The molecule has 0 unspecified atom stereocenters. The molecule has 3 aromatic rings. The van der Waals surface area contributed by atoms with Crippen molar-refractivity contribution in [2.45, 2.75) is 13.5 Å². The van der Waals surface area contributed by atoms with Crippen LogP contribution in [0.4, 0.5) is 11.4 Å². The standard InChI is InChI=1S/C21H18N2O3/c1-16-10-12-19(13-11-16)22(15-17-6-3-2-4-7-17)21(24)18-8-5-9-20(14-18)23(25)26/h2-14H,15H2,1H3. The van der Waals surface area contributed by atoms with Gasteiger partial charge in [0.2, 0.25) is 0 Å². The first-order valence-corrected chi connectivity index (χ1v) is 8.21. The summed E-state index contributed by atoms with van der Waals surface area (Å²) in [6.45, 7) is 2.36. The fourth-order valence-electron chi connectivity index (χ4n) is 2.68.